The lowest BCUT2D eigenvalue weighted by Crippen LogP contribution is -2.43. The Balaban J connectivity index is 1.86. The van der Waals surface area contributed by atoms with Crippen LogP contribution in [0.1, 0.15) is 50.3 Å². The lowest BCUT2D eigenvalue weighted by Gasteiger charge is -2.32. The van der Waals surface area contributed by atoms with Crippen molar-refractivity contribution in [1.82, 2.24) is 10.2 Å². The van der Waals surface area contributed by atoms with Crippen LogP contribution >= 0.6 is 0 Å². The number of hydrogen-bond donors (Lipinski definition) is 1. The summed E-state index contributed by atoms with van der Waals surface area (Å²) >= 11 is 0. The standard InChI is InChI=1S/C23H37N3/c1-5-20(8-12-26-13-9-24-10-14-26)22-17-19(15-18(2)3)16-21-7-6-11-25(4)23(21)22/h5,16-18,24H,6-15H2,1-4H3/b20-5+. The first kappa shape index (κ1) is 19.4. The fraction of sp³-hybridized carbons (Fsp3) is 0.652. The van der Waals surface area contributed by atoms with Gasteiger partial charge in [0.1, 0.15) is 0 Å². The van der Waals surface area contributed by atoms with E-state index >= 15 is 0 Å². The zero-order valence-electron chi connectivity index (χ0n) is 17.3. The normalized spacial score (nSPS) is 19.1. The van der Waals surface area contributed by atoms with E-state index < -0.39 is 0 Å². The van der Waals surface area contributed by atoms with Gasteiger partial charge in [0.25, 0.3) is 0 Å². The van der Waals surface area contributed by atoms with Gasteiger partial charge in [-0.2, -0.15) is 0 Å². The lowest BCUT2D eigenvalue weighted by molar-refractivity contribution is 0.246. The second kappa shape index (κ2) is 9.05. The van der Waals surface area contributed by atoms with Crippen LogP contribution in [-0.4, -0.2) is 51.2 Å². The second-order valence-corrected chi connectivity index (χ2v) is 8.43. The van der Waals surface area contributed by atoms with Crippen LogP contribution in [0.4, 0.5) is 5.69 Å². The van der Waals surface area contributed by atoms with Crippen molar-refractivity contribution in [3.63, 3.8) is 0 Å². The molecule has 2 heterocycles. The number of benzene rings is 1. The maximum absolute atomic E-state index is 3.46. The Labute approximate surface area is 160 Å². The first-order valence-corrected chi connectivity index (χ1v) is 10.5. The molecule has 2 aliphatic rings. The van der Waals surface area contributed by atoms with Crippen molar-refractivity contribution >= 4 is 11.3 Å². The Hall–Kier alpha value is -1.32. The number of aryl methyl sites for hydroxylation is 1. The molecule has 26 heavy (non-hydrogen) atoms. The minimum atomic E-state index is 0.706. The molecule has 0 spiro atoms. The highest BCUT2D eigenvalue weighted by atomic mass is 15.2. The quantitative estimate of drug-likeness (QED) is 0.833. The number of allylic oxidation sites excluding steroid dienone is 1. The maximum atomic E-state index is 3.46. The van der Waals surface area contributed by atoms with E-state index in [4.69, 9.17) is 0 Å². The average molecular weight is 356 g/mol. The third-order valence-electron chi connectivity index (χ3n) is 5.82. The van der Waals surface area contributed by atoms with Crippen molar-refractivity contribution in [1.29, 1.82) is 0 Å². The fourth-order valence-electron chi connectivity index (χ4n) is 4.50. The van der Waals surface area contributed by atoms with Gasteiger partial charge in [-0.15, -0.1) is 0 Å². The summed E-state index contributed by atoms with van der Waals surface area (Å²) in [5.41, 5.74) is 7.60. The van der Waals surface area contributed by atoms with Gasteiger partial charge in [-0.1, -0.05) is 26.0 Å². The first-order valence-electron chi connectivity index (χ1n) is 10.5. The average Bonchev–Trinajstić information content (AvgIpc) is 2.62. The van der Waals surface area contributed by atoms with Crippen LogP contribution in [0.5, 0.6) is 0 Å². The molecule has 0 saturated carbocycles. The highest BCUT2D eigenvalue weighted by molar-refractivity contribution is 5.80. The molecule has 0 radical (unpaired) electrons. The van der Waals surface area contributed by atoms with Gasteiger partial charge >= 0.3 is 0 Å². The molecule has 0 amide bonds. The predicted molar refractivity (Wildman–Crippen MR) is 114 cm³/mol. The molecule has 144 valence electrons. The SMILES string of the molecule is C/C=C(\CCN1CCNCC1)c1cc(CC(C)C)cc2c1N(C)CCC2. The van der Waals surface area contributed by atoms with Gasteiger partial charge in [0.05, 0.1) is 0 Å². The van der Waals surface area contributed by atoms with Crippen molar-refractivity contribution in [2.45, 2.75) is 46.5 Å². The summed E-state index contributed by atoms with van der Waals surface area (Å²) in [4.78, 5) is 5.09. The molecule has 3 rings (SSSR count). The monoisotopic (exact) mass is 355 g/mol. The van der Waals surface area contributed by atoms with Gasteiger partial charge in [0.15, 0.2) is 0 Å². The van der Waals surface area contributed by atoms with Crippen LogP contribution in [0.15, 0.2) is 18.2 Å². The van der Waals surface area contributed by atoms with Gasteiger partial charge in [0, 0.05) is 57.6 Å². The molecule has 1 fully saturated rings. The molecule has 0 atom stereocenters. The number of nitrogens with one attached hydrogen (secondary N) is 1. The minimum Gasteiger partial charge on any atom is -0.374 e. The molecule has 1 aromatic rings. The van der Waals surface area contributed by atoms with Gasteiger partial charge in [-0.3, -0.25) is 0 Å². The molecule has 3 heteroatoms. The van der Waals surface area contributed by atoms with E-state index in [1.165, 1.54) is 67.8 Å². The summed E-state index contributed by atoms with van der Waals surface area (Å²) in [5.74, 6) is 0.706. The molecule has 0 bridgehead atoms. The van der Waals surface area contributed by atoms with Gasteiger partial charge < -0.3 is 15.1 Å². The zero-order chi connectivity index (χ0) is 18.5. The van der Waals surface area contributed by atoms with E-state index in [-0.39, 0.29) is 0 Å². The summed E-state index contributed by atoms with van der Waals surface area (Å²) in [5, 5.41) is 3.46. The van der Waals surface area contributed by atoms with Crippen LogP contribution < -0.4 is 10.2 Å². The smallest absolute Gasteiger partial charge is 0.0472 e. The van der Waals surface area contributed by atoms with Gasteiger partial charge in [0.2, 0.25) is 0 Å². The molecule has 1 N–H and O–H groups in total. The van der Waals surface area contributed by atoms with Crippen molar-refractivity contribution in [3.8, 4) is 0 Å². The van der Waals surface area contributed by atoms with Crippen LogP contribution in [0.25, 0.3) is 5.57 Å². The fourth-order valence-corrected chi connectivity index (χ4v) is 4.50. The van der Waals surface area contributed by atoms with Crippen molar-refractivity contribution in [3.05, 3.63) is 34.9 Å². The predicted octanol–water partition coefficient (Wildman–Crippen LogP) is 3.97. The number of piperazine rings is 1. The van der Waals surface area contributed by atoms with Crippen molar-refractivity contribution < 1.29 is 0 Å². The summed E-state index contributed by atoms with van der Waals surface area (Å²) in [7, 11) is 2.27. The highest BCUT2D eigenvalue weighted by Gasteiger charge is 2.21. The van der Waals surface area contributed by atoms with Crippen molar-refractivity contribution in [2.24, 2.45) is 5.92 Å². The van der Waals surface area contributed by atoms with E-state index in [1.807, 2.05) is 0 Å². The number of hydrogen-bond acceptors (Lipinski definition) is 3. The zero-order valence-corrected chi connectivity index (χ0v) is 17.3. The number of rotatable bonds is 6. The topological polar surface area (TPSA) is 18.5 Å². The molecule has 1 aromatic carbocycles. The summed E-state index contributed by atoms with van der Waals surface area (Å²) in [6.07, 6.45) is 7.20. The van der Waals surface area contributed by atoms with E-state index in [0.717, 1.165) is 19.5 Å². The van der Waals surface area contributed by atoms with E-state index in [1.54, 1.807) is 5.56 Å². The molecule has 2 aliphatic heterocycles. The number of nitrogens with zero attached hydrogens (tertiary/aromatic N) is 2. The Morgan fingerprint density at radius 2 is 1.96 bits per heavy atom. The van der Waals surface area contributed by atoms with E-state index in [0.29, 0.717) is 5.92 Å². The molecule has 3 nitrogen and oxygen atoms in total. The Morgan fingerprint density at radius 1 is 1.19 bits per heavy atom. The third kappa shape index (κ3) is 4.69. The molecule has 0 aliphatic carbocycles. The Bertz CT molecular complexity index is 627. The third-order valence-corrected chi connectivity index (χ3v) is 5.82. The van der Waals surface area contributed by atoms with E-state index in [2.05, 4.69) is 61.1 Å². The minimum absolute atomic E-state index is 0.706. The molecule has 0 aromatic heterocycles. The first-order chi connectivity index (χ1) is 12.6. The Morgan fingerprint density at radius 3 is 2.65 bits per heavy atom. The molecule has 0 unspecified atom stereocenters. The molecular formula is C23H37N3. The van der Waals surface area contributed by atoms with E-state index in [9.17, 15) is 0 Å². The van der Waals surface area contributed by atoms with Crippen LogP contribution in [0.2, 0.25) is 0 Å². The highest BCUT2D eigenvalue weighted by Crippen LogP contribution is 2.37. The van der Waals surface area contributed by atoms with Gasteiger partial charge in [-0.05, 0) is 61.3 Å². The van der Waals surface area contributed by atoms with Crippen molar-refractivity contribution in [2.75, 3.05) is 51.2 Å². The number of anilines is 1. The van der Waals surface area contributed by atoms with Crippen LogP contribution in [0, 0.1) is 5.92 Å². The second-order valence-electron chi connectivity index (χ2n) is 8.43. The summed E-state index contributed by atoms with van der Waals surface area (Å²) in [6, 6.07) is 4.98. The summed E-state index contributed by atoms with van der Waals surface area (Å²) < 4.78 is 0. The van der Waals surface area contributed by atoms with Gasteiger partial charge in [-0.25, -0.2) is 0 Å². The molecule has 1 saturated heterocycles. The largest absolute Gasteiger partial charge is 0.374 e. The summed E-state index contributed by atoms with van der Waals surface area (Å²) in [6.45, 7) is 13.9. The maximum Gasteiger partial charge on any atom is 0.0472 e. The lowest BCUT2D eigenvalue weighted by atomic mass is 9.88. The molecular weight excluding hydrogens is 318 g/mol. The van der Waals surface area contributed by atoms with Crippen LogP contribution in [-0.2, 0) is 12.8 Å². The number of fused-ring (bicyclic) bond motifs is 1. The van der Waals surface area contributed by atoms with Crippen LogP contribution in [0.3, 0.4) is 0 Å². The Kier molecular flexibility index (Phi) is 6.77.